The summed E-state index contributed by atoms with van der Waals surface area (Å²) in [5.41, 5.74) is 1.01. The second-order valence-electron chi connectivity index (χ2n) is 3.65. The van der Waals surface area contributed by atoms with Gasteiger partial charge in [0.15, 0.2) is 0 Å². The predicted octanol–water partition coefficient (Wildman–Crippen LogP) is 2.42. The van der Waals surface area contributed by atoms with Crippen molar-refractivity contribution in [3.63, 3.8) is 0 Å². The average molecular weight is 215 g/mol. The van der Waals surface area contributed by atoms with Crippen LogP contribution in [0.3, 0.4) is 0 Å². The highest BCUT2D eigenvalue weighted by molar-refractivity contribution is 5.80. The van der Waals surface area contributed by atoms with Crippen molar-refractivity contribution in [2.75, 3.05) is 0 Å². The summed E-state index contributed by atoms with van der Waals surface area (Å²) in [6.45, 7) is 0. The summed E-state index contributed by atoms with van der Waals surface area (Å²) in [4.78, 5) is 15.6. The third-order valence-electron chi connectivity index (χ3n) is 2.38. The summed E-state index contributed by atoms with van der Waals surface area (Å²) >= 11 is 0. The number of carbonyl (C=O) groups excluding carboxylic acids is 1. The molecule has 2 heterocycles. The predicted molar refractivity (Wildman–Crippen MR) is 60.0 cm³/mol. The summed E-state index contributed by atoms with van der Waals surface area (Å²) in [6, 6.07) is 7.46. The Kier molecular flexibility index (Phi) is 3.49. The van der Waals surface area contributed by atoms with Crippen LogP contribution in [0.5, 0.6) is 0 Å². The average Bonchev–Trinajstić information content (AvgIpc) is 2.81. The normalized spacial score (nSPS) is 10.2. The minimum atomic E-state index is 0.225. The Morgan fingerprint density at radius 1 is 1.25 bits per heavy atom. The quantitative estimate of drug-likeness (QED) is 0.769. The van der Waals surface area contributed by atoms with Gasteiger partial charge in [-0.1, -0.05) is 0 Å². The van der Waals surface area contributed by atoms with Crippen LogP contribution in [0.15, 0.2) is 47.3 Å². The molecule has 0 amide bonds. The first-order chi connectivity index (χ1) is 7.84. The number of furan rings is 1. The largest absolute Gasteiger partial charge is 0.469 e. The second-order valence-corrected chi connectivity index (χ2v) is 3.65. The molecule has 0 aromatic carbocycles. The molecule has 0 fully saturated rings. The lowest BCUT2D eigenvalue weighted by Gasteiger charge is -1.99. The maximum atomic E-state index is 11.6. The fourth-order valence-corrected chi connectivity index (χ4v) is 1.53. The topological polar surface area (TPSA) is 43.1 Å². The number of Topliss-reactive ketones (excluding diaryl/α,β-unsaturated/α-hetero) is 1. The molecule has 0 saturated carbocycles. The van der Waals surface area contributed by atoms with Crippen LogP contribution in [0.1, 0.15) is 17.7 Å². The monoisotopic (exact) mass is 215 g/mol. The third kappa shape index (κ3) is 3.05. The lowest BCUT2D eigenvalue weighted by molar-refractivity contribution is -0.118. The number of hydrogen-bond donors (Lipinski definition) is 0. The van der Waals surface area contributed by atoms with Gasteiger partial charge in [0.05, 0.1) is 6.26 Å². The Labute approximate surface area is 94.1 Å². The second kappa shape index (κ2) is 5.26. The van der Waals surface area contributed by atoms with Crippen LogP contribution in [-0.2, 0) is 17.6 Å². The SMILES string of the molecule is O=C(CCc1ccco1)Cc1ccncc1. The van der Waals surface area contributed by atoms with Gasteiger partial charge in [0.25, 0.3) is 0 Å². The standard InChI is InChI=1S/C13H13NO2/c15-12(3-4-13-2-1-9-16-13)10-11-5-7-14-8-6-11/h1-2,5-9H,3-4,10H2. The molecular weight excluding hydrogens is 202 g/mol. The first-order valence-corrected chi connectivity index (χ1v) is 5.27. The maximum Gasteiger partial charge on any atom is 0.137 e. The smallest absolute Gasteiger partial charge is 0.137 e. The molecule has 82 valence electrons. The Bertz CT molecular complexity index is 434. The molecule has 0 aliphatic carbocycles. The first kappa shape index (κ1) is 10.6. The van der Waals surface area contributed by atoms with Gasteiger partial charge in [0.2, 0.25) is 0 Å². The molecule has 2 rings (SSSR count). The Morgan fingerprint density at radius 2 is 2.06 bits per heavy atom. The van der Waals surface area contributed by atoms with E-state index in [1.54, 1.807) is 18.7 Å². The van der Waals surface area contributed by atoms with Gasteiger partial charge in [-0.25, -0.2) is 0 Å². The van der Waals surface area contributed by atoms with Crippen molar-refractivity contribution in [2.24, 2.45) is 0 Å². The molecule has 0 aliphatic rings. The van der Waals surface area contributed by atoms with Crippen LogP contribution < -0.4 is 0 Å². The molecule has 0 spiro atoms. The summed E-state index contributed by atoms with van der Waals surface area (Å²) in [5.74, 6) is 1.09. The van der Waals surface area contributed by atoms with E-state index >= 15 is 0 Å². The number of aromatic nitrogens is 1. The van der Waals surface area contributed by atoms with E-state index in [9.17, 15) is 4.79 Å². The van der Waals surface area contributed by atoms with Gasteiger partial charge in [-0.15, -0.1) is 0 Å². The van der Waals surface area contributed by atoms with Crippen molar-refractivity contribution in [3.8, 4) is 0 Å². The molecule has 2 aromatic rings. The zero-order valence-corrected chi connectivity index (χ0v) is 8.93. The molecule has 3 heteroatoms. The van der Waals surface area contributed by atoms with Gasteiger partial charge in [0.1, 0.15) is 11.5 Å². The molecule has 2 aromatic heterocycles. The van der Waals surface area contributed by atoms with Gasteiger partial charge in [0, 0.05) is 31.7 Å². The van der Waals surface area contributed by atoms with Crippen molar-refractivity contribution < 1.29 is 9.21 Å². The van der Waals surface area contributed by atoms with E-state index in [2.05, 4.69) is 4.98 Å². The summed E-state index contributed by atoms with van der Waals surface area (Å²) in [5, 5.41) is 0. The summed E-state index contributed by atoms with van der Waals surface area (Å²) in [6.07, 6.45) is 6.71. The highest BCUT2D eigenvalue weighted by Gasteiger charge is 2.05. The molecule has 0 saturated heterocycles. The van der Waals surface area contributed by atoms with Gasteiger partial charge in [-0.3, -0.25) is 9.78 Å². The van der Waals surface area contributed by atoms with Crippen LogP contribution in [-0.4, -0.2) is 10.8 Å². The van der Waals surface area contributed by atoms with E-state index in [-0.39, 0.29) is 5.78 Å². The molecular formula is C13H13NO2. The number of ketones is 1. The van der Waals surface area contributed by atoms with E-state index in [1.807, 2.05) is 24.3 Å². The highest BCUT2D eigenvalue weighted by atomic mass is 16.3. The zero-order valence-electron chi connectivity index (χ0n) is 8.93. The van der Waals surface area contributed by atoms with E-state index in [1.165, 1.54) is 0 Å². The van der Waals surface area contributed by atoms with Gasteiger partial charge >= 0.3 is 0 Å². The fourth-order valence-electron chi connectivity index (χ4n) is 1.53. The molecule has 3 nitrogen and oxygen atoms in total. The van der Waals surface area contributed by atoms with Crippen molar-refractivity contribution >= 4 is 5.78 Å². The molecule has 0 bridgehead atoms. The lowest BCUT2D eigenvalue weighted by atomic mass is 10.1. The van der Waals surface area contributed by atoms with E-state index in [0.29, 0.717) is 19.3 Å². The van der Waals surface area contributed by atoms with Crippen LogP contribution in [0.2, 0.25) is 0 Å². The lowest BCUT2D eigenvalue weighted by Crippen LogP contribution is -2.03. The van der Waals surface area contributed by atoms with Gasteiger partial charge < -0.3 is 4.42 Å². The highest BCUT2D eigenvalue weighted by Crippen LogP contribution is 2.06. The van der Waals surface area contributed by atoms with Crippen molar-refractivity contribution in [1.29, 1.82) is 0 Å². The molecule has 0 atom stereocenters. The van der Waals surface area contributed by atoms with Crippen molar-refractivity contribution in [3.05, 3.63) is 54.2 Å². The van der Waals surface area contributed by atoms with Crippen molar-refractivity contribution in [2.45, 2.75) is 19.3 Å². The Hall–Kier alpha value is -1.90. The number of hydrogen-bond acceptors (Lipinski definition) is 3. The third-order valence-corrected chi connectivity index (χ3v) is 2.38. The molecule has 16 heavy (non-hydrogen) atoms. The number of rotatable bonds is 5. The molecule has 0 aliphatic heterocycles. The van der Waals surface area contributed by atoms with E-state index < -0.39 is 0 Å². The minimum Gasteiger partial charge on any atom is -0.469 e. The van der Waals surface area contributed by atoms with Crippen LogP contribution >= 0.6 is 0 Å². The first-order valence-electron chi connectivity index (χ1n) is 5.27. The van der Waals surface area contributed by atoms with Crippen molar-refractivity contribution in [1.82, 2.24) is 4.98 Å². The molecule has 0 unspecified atom stereocenters. The number of pyridine rings is 1. The Balaban J connectivity index is 1.81. The van der Waals surface area contributed by atoms with E-state index in [0.717, 1.165) is 11.3 Å². The molecule has 0 N–H and O–H groups in total. The minimum absolute atomic E-state index is 0.225. The van der Waals surface area contributed by atoms with Gasteiger partial charge in [-0.2, -0.15) is 0 Å². The summed E-state index contributed by atoms with van der Waals surface area (Å²) < 4.78 is 5.17. The van der Waals surface area contributed by atoms with E-state index in [4.69, 9.17) is 4.42 Å². The zero-order chi connectivity index (χ0) is 11.2. The maximum absolute atomic E-state index is 11.6. The number of carbonyl (C=O) groups is 1. The number of nitrogens with zero attached hydrogens (tertiary/aromatic N) is 1. The van der Waals surface area contributed by atoms with Gasteiger partial charge in [-0.05, 0) is 29.8 Å². The molecule has 0 radical (unpaired) electrons. The fraction of sp³-hybridized carbons (Fsp3) is 0.231. The van der Waals surface area contributed by atoms with Crippen LogP contribution in [0, 0.1) is 0 Å². The van der Waals surface area contributed by atoms with Crippen LogP contribution in [0.25, 0.3) is 0 Å². The summed E-state index contributed by atoms with van der Waals surface area (Å²) in [7, 11) is 0. The number of aryl methyl sites for hydroxylation is 1. The Morgan fingerprint density at radius 3 is 2.75 bits per heavy atom. The van der Waals surface area contributed by atoms with Crippen LogP contribution in [0.4, 0.5) is 0 Å².